The van der Waals surface area contributed by atoms with E-state index in [1.807, 2.05) is 0 Å². The fourth-order valence-electron chi connectivity index (χ4n) is 8.33. The van der Waals surface area contributed by atoms with Crippen LogP contribution in [0.15, 0.2) is 0 Å². The number of aliphatic hydroxyl groups excluding tert-OH is 2. The summed E-state index contributed by atoms with van der Waals surface area (Å²) in [6, 6.07) is 0. The van der Waals surface area contributed by atoms with Crippen molar-refractivity contribution in [1.29, 1.82) is 0 Å². The van der Waals surface area contributed by atoms with Gasteiger partial charge in [-0.15, -0.1) is 0 Å². The summed E-state index contributed by atoms with van der Waals surface area (Å²) in [6.07, 6.45) is 5.30. The number of methoxy groups -OCH3 is 1. The minimum Gasteiger partial charge on any atom is -0.469 e. The zero-order valence-electron chi connectivity index (χ0n) is 18.4. The first-order valence-electron chi connectivity index (χ1n) is 11.6. The Hall–Kier alpha value is -0.940. The Bertz CT molecular complexity index is 676. The Morgan fingerprint density at radius 1 is 1.17 bits per heavy atom. The molecule has 0 saturated heterocycles. The first-order valence-corrected chi connectivity index (χ1v) is 11.6. The summed E-state index contributed by atoms with van der Waals surface area (Å²) in [4.78, 5) is 25.3. The van der Waals surface area contributed by atoms with Gasteiger partial charge in [-0.05, 0) is 73.5 Å². The average Bonchev–Trinajstić information content (AvgIpc) is 3.02. The maximum Gasteiger partial charge on any atom is 0.305 e. The molecule has 29 heavy (non-hydrogen) atoms. The van der Waals surface area contributed by atoms with E-state index in [-0.39, 0.29) is 58.4 Å². The standard InChI is InChI=1S/C24H38O5/c1-13(9-21(28)29-4)16-5-6-17-22-18(12-20(27)24(16,17)3)23(2)8-7-15(25)10-14(23)11-19(22)26/h13-18,20,22,25,27H,5-12H2,1-4H3. The van der Waals surface area contributed by atoms with Gasteiger partial charge in [0.1, 0.15) is 5.78 Å². The molecule has 164 valence electrons. The Labute approximate surface area is 174 Å². The molecule has 0 heterocycles. The van der Waals surface area contributed by atoms with Crippen LogP contribution >= 0.6 is 0 Å². The van der Waals surface area contributed by atoms with Crippen molar-refractivity contribution < 1.29 is 24.5 Å². The third-order valence-corrected chi connectivity index (χ3v) is 10.0. The van der Waals surface area contributed by atoms with Crippen molar-refractivity contribution in [2.24, 2.45) is 46.3 Å². The van der Waals surface area contributed by atoms with Gasteiger partial charge in [0.15, 0.2) is 0 Å². The van der Waals surface area contributed by atoms with Crippen molar-refractivity contribution in [3.05, 3.63) is 0 Å². The summed E-state index contributed by atoms with van der Waals surface area (Å²) in [7, 11) is 1.42. The number of esters is 1. The minimum atomic E-state index is -0.448. The van der Waals surface area contributed by atoms with E-state index in [4.69, 9.17) is 4.74 Å². The van der Waals surface area contributed by atoms with Crippen LogP contribution in [-0.2, 0) is 14.3 Å². The summed E-state index contributed by atoms with van der Waals surface area (Å²) < 4.78 is 4.88. The van der Waals surface area contributed by atoms with E-state index in [1.165, 1.54) is 7.11 Å². The van der Waals surface area contributed by atoms with Crippen molar-refractivity contribution in [3.8, 4) is 0 Å². The predicted molar refractivity (Wildman–Crippen MR) is 109 cm³/mol. The first-order chi connectivity index (χ1) is 13.6. The van der Waals surface area contributed by atoms with Crippen molar-refractivity contribution in [2.45, 2.75) is 84.3 Å². The molecule has 0 aromatic rings. The molecular formula is C24H38O5. The third-order valence-electron chi connectivity index (χ3n) is 10.0. The summed E-state index contributed by atoms with van der Waals surface area (Å²) >= 11 is 0. The molecule has 4 aliphatic carbocycles. The van der Waals surface area contributed by atoms with Gasteiger partial charge in [0, 0.05) is 24.2 Å². The predicted octanol–water partition coefficient (Wildman–Crippen LogP) is 3.36. The number of aliphatic hydroxyl groups is 2. The summed E-state index contributed by atoms with van der Waals surface area (Å²) in [5.41, 5.74) is -0.280. The molecule has 10 atom stereocenters. The molecule has 4 fully saturated rings. The van der Waals surface area contributed by atoms with E-state index in [9.17, 15) is 19.8 Å². The van der Waals surface area contributed by atoms with Crippen molar-refractivity contribution in [2.75, 3.05) is 7.11 Å². The van der Waals surface area contributed by atoms with Crippen LogP contribution in [0.2, 0.25) is 0 Å². The summed E-state index contributed by atoms with van der Waals surface area (Å²) in [6.45, 7) is 6.59. The third kappa shape index (κ3) is 3.10. The summed E-state index contributed by atoms with van der Waals surface area (Å²) in [5, 5.41) is 21.6. The first kappa shape index (κ1) is 21.3. The highest BCUT2D eigenvalue weighted by molar-refractivity contribution is 5.83. The van der Waals surface area contributed by atoms with Crippen LogP contribution in [0.4, 0.5) is 0 Å². The fourth-order valence-corrected chi connectivity index (χ4v) is 8.33. The van der Waals surface area contributed by atoms with E-state index in [2.05, 4.69) is 20.8 Å². The topological polar surface area (TPSA) is 83.8 Å². The van der Waals surface area contributed by atoms with Crippen LogP contribution in [0.25, 0.3) is 0 Å². The van der Waals surface area contributed by atoms with Gasteiger partial charge < -0.3 is 14.9 Å². The summed E-state index contributed by atoms with van der Waals surface area (Å²) in [5.74, 6) is 1.20. The van der Waals surface area contributed by atoms with Gasteiger partial charge in [0.05, 0.1) is 19.3 Å². The highest BCUT2D eigenvalue weighted by Crippen LogP contribution is 2.67. The molecule has 0 amide bonds. The van der Waals surface area contributed by atoms with Gasteiger partial charge >= 0.3 is 5.97 Å². The largest absolute Gasteiger partial charge is 0.469 e. The lowest BCUT2D eigenvalue weighted by atomic mass is 9.43. The minimum absolute atomic E-state index is 0.0234. The SMILES string of the molecule is COC(=O)CC(C)C1CCC2C3C(=O)CC4CC(O)CCC4(C)C3CC(O)C12C. The number of Topliss-reactive ketones (excluding diaryl/α,β-unsaturated/α-hetero) is 1. The maximum absolute atomic E-state index is 13.4. The fraction of sp³-hybridized carbons (Fsp3) is 0.917. The zero-order valence-corrected chi connectivity index (χ0v) is 18.4. The molecule has 2 N–H and O–H groups in total. The molecule has 5 nitrogen and oxygen atoms in total. The second kappa shape index (κ2) is 7.33. The van der Waals surface area contributed by atoms with Gasteiger partial charge in [-0.2, -0.15) is 0 Å². The Balaban J connectivity index is 1.63. The van der Waals surface area contributed by atoms with Gasteiger partial charge in [-0.1, -0.05) is 20.8 Å². The number of hydrogen-bond donors (Lipinski definition) is 2. The van der Waals surface area contributed by atoms with E-state index in [0.29, 0.717) is 25.0 Å². The monoisotopic (exact) mass is 406 g/mol. The van der Waals surface area contributed by atoms with Crippen LogP contribution in [0.3, 0.4) is 0 Å². The van der Waals surface area contributed by atoms with Gasteiger partial charge in [0.25, 0.3) is 0 Å². The number of carbonyl (C=O) groups excluding carboxylic acids is 2. The highest BCUT2D eigenvalue weighted by atomic mass is 16.5. The van der Waals surface area contributed by atoms with Gasteiger partial charge in [-0.25, -0.2) is 0 Å². The normalized spacial score (nSPS) is 50.3. The molecule has 10 unspecified atom stereocenters. The number of rotatable bonds is 3. The Morgan fingerprint density at radius 3 is 2.59 bits per heavy atom. The van der Waals surface area contributed by atoms with Crippen molar-refractivity contribution in [3.63, 3.8) is 0 Å². The number of ketones is 1. The smallest absolute Gasteiger partial charge is 0.305 e. The molecular weight excluding hydrogens is 368 g/mol. The Kier molecular flexibility index (Phi) is 5.39. The van der Waals surface area contributed by atoms with Crippen LogP contribution in [0.1, 0.15) is 72.1 Å². The number of ether oxygens (including phenoxy) is 1. The van der Waals surface area contributed by atoms with Crippen LogP contribution in [0, 0.1) is 46.3 Å². The number of carbonyl (C=O) groups is 2. The van der Waals surface area contributed by atoms with Crippen molar-refractivity contribution >= 4 is 11.8 Å². The quantitative estimate of drug-likeness (QED) is 0.702. The van der Waals surface area contributed by atoms with E-state index >= 15 is 0 Å². The molecule has 4 rings (SSSR count). The van der Waals surface area contributed by atoms with E-state index in [1.54, 1.807) is 0 Å². The van der Waals surface area contributed by atoms with Crippen molar-refractivity contribution in [1.82, 2.24) is 0 Å². The molecule has 0 radical (unpaired) electrons. The molecule has 4 saturated carbocycles. The van der Waals surface area contributed by atoms with Crippen LogP contribution in [-0.4, -0.2) is 41.3 Å². The number of hydrogen-bond acceptors (Lipinski definition) is 5. The second-order valence-electron chi connectivity index (χ2n) is 11.1. The average molecular weight is 407 g/mol. The lowest BCUT2D eigenvalue weighted by Gasteiger charge is -2.61. The molecule has 0 bridgehead atoms. The molecule has 5 heteroatoms. The second-order valence-corrected chi connectivity index (χ2v) is 11.1. The zero-order chi connectivity index (χ0) is 21.1. The van der Waals surface area contributed by atoms with Gasteiger partial charge in [0.2, 0.25) is 0 Å². The van der Waals surface area contributed by atoms with Crippen LogP contribution < -0.4 is 0 Å². The lowest BCUT2D eigenvalue weighted by molar-refractivity contribution is -0.182. The molecule has 0 aromatic carbocycles. The molecule has 0 aromatic heterocycles. The highest BCUT2D eigenvalue weighted by Gasteiger charge is 2.65. The van der Waals surface area contributed by atoms with E-state index < -0.39 is 6.10 Å². The maximum atomic E-state index is 13.4. The van der Waals surface area contributed by atoms with E-state index in [0.717, 1.165) is 32.1 Å². The molecule has 0 spiro atoms. The van der Waals surface area contributed by atoms with Crippen LogP contribution in [0.5, 0.6) is 0 Å². The molecule has 0 aliphatic heterocycles. The molecule has 4 aliphatic rings. The lowest BCUT2D eigenvalue weighted by Crippen LogP contribution is -2.61. The Morgan fingerprint density at radius 2 is 1.90 bits per heavy atom. The van der Waals surface area contributed by atoms with Gasteiger partial charge in [-0.3, -0.25) is 9.59 Å². The number of fused-ring (bicyclic) bond motifs is 5.